The normalized spacial score (nSPS) is 12.1. The van der Waals surface area contributed by atoms with Crippen molar-refractivity contribution < 1.29 is 18.1 Å². The fourth-order valence-corrected chi connectivity index (χ4v) is 3.32. The first-order valence-electron chi connectivity index (χ1n) is 7.28. The molecule has 0 heterocycles. The Kier molecular flexibility index (Phi) is 4.15. The Balaban J connectivity index is 2.30. The summed E-state index contributed by atoms with van der Waals surface area (Å²) in [5, 5.41) is 18.5. The highest BCUT2D eigenvalue weighted by Gasteiger charge is 2.25. The lowest BCUT2D eigenvalue weighted by atomic mass is 10.1. The summed E-state index contributed by atoms with van der Waals surface area (Å²) >= 11 is 0. The van der Waals surface area contributed by atoms with Crippen LogP contribution >= 0.6 is 0 Å². The molecule has 7 nitrogen and oxygen atoms in total. The molecule has 0 amide bonds. The minimum atomic E-state index is -4.68. The zero-order valence-corrected chi connectivity index (χ0v) is 14.0. The zero-order chi connectivity index (χ0) is 18.2. The van der Waals surface area contributed by atoms with Gasteiger partial charge in [-0.05, 0) is 19.1 Å². The largest absolute Gasteiger partial charge is 0.504 e. The summed E-state index contributed by atoms with van der Waals surface area (Å²) in [4.78, 5) is -0.536. The number of benzene rings is 3. The molecule has 3 aromatic carbocycles. The van der Waals surface area contributed by atoms with Gasteiger partial charge in [-0.3, -0.25) is 4.55 Å². The number of anilines is 1. The predicted molar refractivity (Wildman–Crippen MR) is 95.2 cm³/mol. The van der Waals surface area contributed by atoms with E-state index in [2.05, 4.69) is 10.2 Å². The molecule has 0 bridgehead atoms. The fourth-order valence-electron chi connectivity index (χ4n) is 2.48. The first kappa shape index (κ1) is 16.9. The average Bonchev–Trinajstić information content (AvgIpc) is 2.57. The number of hydrogen-bond acceptors (Lipinski definition) is 6. The van der Waals surface area contributed by atoms with Crippen LogP contribution < -0.4 is 5.73 Å². The Labute approximate surface area is 144 Å². The van der Waals surface area contributed by atoms with Gasteiger partial charge in [0.1, 0.15) is 4.90 Å². The van der Waals surface area contributed by atoms with Crippen LogP contribution in [0.2, 0.25) is 0 Å². The highest BCUT2D eigenvalue weighted by molar-refractivity contribution is 7.86. The molecule has 0 spiro atoms. The van der Waals surface area contributed by atoms with E-state index in [9.17, 15) is 18.1 Å². The molecule has 0 fully saturated rings. The van der Waals surface area contributed by atoms with Crippen molar-refractivity contribution in [2.75, 3.05) is 5.73 Å². The smallest absolute Gasteiger partial charge is 0.297 e. The molecule has 0 radical (unpaired) electrons. The van der Waals surface area contributed by atoms with Crippen LogP contribution in [-0.4, -0.2) is 18.1 Å². The van der Waals surface area contributed by atoms with Crippen LogP contribution in [0.25, 0.3) is 10.8 Å². The van der Waals surface area contributed by atoms with Gasteiger partial charge in [0.15, 0.2) is 11.4 Å². The minimum absolute atomic E-state index is 0.0409. The van der Waals surface area contributed by atoms with Crippen molar-refractivity contribution in [1.29, 1.82) is 0 Å². The second-order valence-corrected chi connectivity index (χ2v) is 6.85. The number of azo groups is 1. The van der Waals surface area contributed by atoms with Gasteiger partial charge >= 0.3 is 0 Å². The van der Waals surface area contributed by atoms with Crippen LogP contribution in [0.3, 0.4) is 0 Å². The number of fused-ring (bicyclic) bond motifs is 1. The molecule has 25 heavy (non-hydrogen) atoms. The lowest BCUT2D eigenvalue weighted by Gasteiger charge is -2.12. The Morgan fingerprint density at radius 3 is 2.16 bits per heavy atom. The van der Waals surface area contributed by atoms with E-state index in [1.807, 2.05) is 19.1 Å². The standard InChI is InChI=1S/C17H15N3O4S/c1-10-6-8-11(9-7-10)19-20-15-16(21)14(18)12-4-2-3-5-13(12)17(15)25(22,23)24/h2-9,21H,18H2,1H3,(H,22,23,24). The van der Waals surface area contributed by atoms with E-state index in [1.165, 1.54) is 6.07 Å². The molecule has 0 aliphatic heterocycles. The molecular weight excluding hydrogens is 342 g/mol. The number of nitrogen functional groups attached to an aromatic ring is 1. The van der Waals surface area contributed by atoms with Crippen molar-refractivity contribution in [2.45, 2.75) is 11.8 Å². The van der Waals surface area contributed by atoms with Crippen LogP contribution in [-0.2, 0) is 10.1 Å². The molecule has 0 aliphatic rings. The van der Waals surface area contributed by atoms with Crippen molar-refractivity contribution >= 4 is 38.0 Å². The Bertz CT molecular complexity index is 1090. The summed E-state index contributed by atoms with van der Waals surface area (Å²) in [6, 6.07) is 13.2. The van der Waals surface area contributed by atoms with Crippen molar-refractivity contribution in [3.63, 3.8) is 0 Å². The summed E-state index contributed by atoms with van der Waals surface area (Å²) in [5.41, 5.74) is 6.93. The van der Waals surface area contributed by atoms with Crippen LogP contribution in [0.15, 0.2) is 63.7 Å². The van der Waals surface area contributed by atoms with Gasteiger partial charge in [0.25, 0.3) is 10.1 Å². The van der Waals surface area contributed by atoms with Gasteiger partial charge in [-0.25, -0.2) is 0 Å². The molecule has 0 aromatic heterocycles. The summed E-state index contributed by atoms with van der Waals surface area (Å²) in [7, 11) is -4.68. The number of aryl methyl sites for hydroxylation is 1. The zero-order valence-electron chi connectivity index (χ0n) is 13.2. The van der Waals surface area contributed by atoms with Crippen LogP contribution in [0, 0.1) is 6.92 Å². The maximum absolute atomic E-state index is 11.9. The monoisotopic (exact) mass is 357 g/mol. The Morgan fingerprint density at radius 1 is 0.960 bits per heavy atom. The number of rotatable bonds is 3. The topological polar surface area (TPSA) is 125 Å². The summed E-state index contributed by atoms with van der Waals surface area (Å²) < 4.78 is 33.4. The lowest BCUT2D eigenvalue weighted by molar-refractivity contribution is 0.471. The van der Waals surface area contributed by atoms with E-state index in [1.54, 1.807) is 30.3 Å². The van der Waals surface area contributed by atoms with Gasteiger partial charge in [0.2, 0.25) is 0 Å². The van der Waals surface area contributed by atoms with E-state index in [4.69, 9.17) is 5.73 Å². The maximum atomic E-state index is 11.9. The van der Waals surface area contributed by atoms with E-state index >= 15 is 0 Å². The number of hydrogen-bond donors (Lipinski definition) is 3. The molecule has 0 atom stereocenters. The summed E-state index contributed by atoms with van der Waals surface area (Å²) in [6.45, 7) is 1.91. The van der Waals surface area contributed by atoms with Gasteiger partial charge < -0.3 is 10.8 Å². The summed E-state index contributed by atoms with van der Waals surface area (Å²) in [6.07, 6.45) is 0. The molecular formula is C17H15N3O4S. The minimum Gasteiger partial charge on any atom is -0.504 e. The fraction of sp³-hybridized carbons (Fsp3) is 0.0588. The van der Waals surface area contributed by atoms with Crippen molar-refractivity contribution in [2.24, 2.45) is 10.2 Å². The third-order valence-electron chi connectivity index (χ3n) is 3.71. The summed E-state index contributed by atoms with van der Waals surface area (Å²) in [5.74, 6) is -0.554. The number of aromatic hydroxyl groups is 1. The van der Waals surface area contributed by atoms with Crippen LogP contribution in [0.4, 0.5) is 17.1 Å². The van der Waals surface area contributed by atoms with Gasteiger partial charge in [0.05, 0.1) is 11.4 Å². The number of nitrogens with zero attached hydrogens (tertiary/aromatic N) is 2. The highest BCUT2D eigenvalue weighted by Crippen LogP contribution is 2.45. The molecule has 0 saturated carbocycles. The van der Waals surface area contributed by atoms with Crippen molar-refractivity contribution in [3.8, 4) is 5.75 Å². The predicted octanol–water partition coefficient (Wildman–Crippen LogP) is 4.10. The first-order valence-corrected chi connectivity index (χ1v) is 8.72. The number of phenols is 1. The van der Waals surface area contributed by atoms with Crippen LogP contribution in [0.1, 0.15) is 5.56 Å². The molecule has 0 saturated heterocycles. The number of phenolic OH excluding ortho intramolecular Hbond substituents is 1. The third kappa shape index (κ3) is 3.17. The quantitative estimate of drug-likeness (QED) is 0.282. The van der Waals surface area contributed by atoms with Gasteiger partial charge in [-0.15, -0.1) is 5.11 Å². The van der Waals surface area contributed by atoms with E-state index in [-0.39, 0.29) is 11.1 Å². The first-order chi connectivity index (χ1) is 11.8. The van der Waals surface area contributed by atoms with Gasteiger partial charge in [0, 0.05) is 10.8 Å². The molecule has 0 unspecified atom stereocenters. The molecule has 8 heteroatoms. The second-order valence-electron chi connectivity index (χ2n) is 5.50. The molecule has 3 rings (SSSR count). The van der Waals surface area contributed by atoms with E-state index in [0.29, 0.717) is 11.1 Å². The maximum Gasteiger partial charge on any atom is 0.297 e. The van der Waals surface area contributed by atoms with Crippen molar-refractivity contribution in [3.05, 3.63) is 54.1 Å². The average molecular weight is 357 g/mol. The van der Waals surface area contributed by atoms with E-state index in [0.717, 1.165) is 5.56 Å². The lowest BCUT2D eigenvalue weighted by Crippen LogP contribution is -2.02. The molecule has 3 aromatic rings. The van der Waals surface area contributed by atoms with Crippen molar-refractivity contribution in [1.82, 2.24) is 0 Å². The molecule has 128 valence electrons. The van der Waals surface area contributed by atoms with Crippen LogP contribution in [0.5, 0.6) is 5.75 Å². The SMILES string of the molecule is Cc1ccc(N=Nc2c(O)c(N)c3ccccc3c2S(=O)(=O)O)cc1. The number of nitrogens with two attached hydrogens (primary N) is 1. The van der Waals surface area contributed by atoms with E-state index < -0.39 is 26.5 Å². The van der Waals surface area contributed by atoms with Gasteiger partial charge in [-0.2, -0.15) is 13.5 Å². The Morgan fingerprint density at radius 2 is 1.56 bits per heavy atom. The Hall–Kier alpha value is -2.97. The van der Waals surface area contributed by atoms with Gasteiger partial charge in [-0.1, -0.05) is 42.0 Å². The molecule has 4 N–H and O–H groups in total. The second kappa shape index (κ2) is 6.15. The molecule has 0 aliphatic carbocycles. The third-order valence-corrected chi connectivity index (χ3v) is 4.64. The highest BCUT2D eigenvalue weighted by atomic mass is 32.2.